The molecule has 0 heterocycles. The summed E-state index contributed by atoms with van der Waals surface area (Å²) in [5.74, 6) is -0.0977. The summed E-state index contributed by atoms with van der Waals surface area (Å²) in [4.78, 5) is 24.0. The summed E-state index contributed by atoms with van der Waals surface area (Å²) in [5, 5.41) is 2.64. The summed E-state index contributed by atoms with van der Waals surface area (Å²) in [6.07, 6.45) is 0.309. The number of carbonyl (C=O) groups excluding carboxylic acids is 2. The molecule has 0 fully saturated rings. The maximum Gasteiger partial charge on any atom is 0.237 e. The van der Waals surface area contributed by atoms with Crippen LogP contribution in [-0.2, 0) is 9.59 Å². The van der Waals surface area contributed by atoms with Gasteiger partial charge < -0.3 is 16.0 Å². The van der Waals surface area contributed by atoms with Crippen molar-refractivity contribution < 1.29 is 9.59 Å². The van der Waals surface area contributed by atoms with Crippen LogP contribution >= 0.6 is 12.4 Å². The Morgan fingerprint density at radius 3 is 2.19 bits per heavy atom. The molecule has 0 aromatic carbocycles. The number of nitrogens with zero attached hydrogens (tertiary/aromatic N) is 1. The van der Waals surface area contributed by atoms with Crippen molar-refractivity contribution in [2.45, 2.75) is 26.3 Å². The summed E-state index contributed by atoms with van der Waals surface area (Å²) >= 11 is 0. The van der Waals surface area contributed by atoms with E-state index < -0.39 is 6.04 Å². The minimum absolute atomic E-state index is 0. The van der Waals surface area contributed by atoms with Crippen LogP contribution in [0.25, 0.3) is 0 Å². The summed E-state index contributed by atoms with van der Waals surface area (Å²) in [5.41, 5.74) is 5.63. The van der Waals surface area contributed by atoms with Crippen LogP contribution in [0.3, 0.4) is 0 Å². The zero-order chi connectivity index (χ0) is 12.0. The summed E-state index contributed by atoms with van der Waals surface area (Å²) in [6, 6.07) is -0.501. The predicted octanol–water partition coefficient (Wildman–Crippen LogP) is -0.0140. The second kappa shape index (κ2) is 8.35. The Kier molecular flexibility index (Phi) is 9.18. The van der Waals surface area contributed by atoms with Gasteiger partial charge in [-0.15, -0.1) is 12.4 Å². The van der Waals surface area contributed by atoms with Gasteiger partial charge >= 0.3 is 0 Å². The van der Waals surface area contributed by atoms with Crippen LogP contribution in [0.2, 0.25) is 0 Å². The first kappa shape index (κ1) is 17.6. The monoisotopic (exact) mass is 251 g/mol. The number of halogens is 1. The number of nitrogens with one attached hydrogen (secondary N) is 1. The molecule has 0 unspecified atom stereocenters. The van der Waals surface area contributed by atoms with Crippen LogP contribution in [0.5, 0.6) is 0 Å². The molecule has 1 atom stereocenters. The smallest absolute Gasteiger partial charge is 0.237 e. The van der Waals surface area contributed by atoms with Crippen molar-refractivity contribution in [3.63, 3.8) is 0 Å². The molecule has 0 bridgehead atoms. The number of rotatable bonds is 5. The van der Waals surface area contributed by atoms with Gasteiger partial charge in [0.05, 0.1) is 6.04 Å². The van der Waals surface area contributed by atoms with Crippen molar-refractivity contribution in [3.05, 3.63) is 0 Å². The molecule has 0 aromatic heterocycles. The van der Waals surface area contributed by atoms with E-state index in [1.165, 1.54) is 4.90 Å². The first-order chi connectivity index (χ1) is 6.86. The Bertz CT molecular complexity index is 232. The molecule has 0 saturated heterocycles. The predicted molar refractivity (Wildman–Crippen MR) is 66.4 cm³/mol. The highest BCUT2D eigenvalue weighted by Gasteiger charge is 2.16. The first-order valence-corrected chi connectivity index (χ1v) is 5.09. The third kappa shape index (κ3) is 6.63. The van der Waals surface area contributed by atoms with Gasteiger partial charge in [-0.3, -0.25) is 9.59 Å². The largest absolute Gasteiger partial charge is 0.354 e. The lowest BCUT2D eigenvalue weighted by Gasteiger charge is -2.15. The fraction of sp³-hybridized carbons (Fsp3) is 0.800. The van der Waals surface area contributed by atoms with E-state index in [4.69, 9.17) is 5.73 Å². The third-order valence-electron chi connectivity index (χ3n) is 2.16. The van der Waals surface area contributed by atoms with Crippen LogP contribution in [0.4, 0.5) is 0 Å². The minimum atomic E-state index is -0.501. The van der Waals surface area contributed by atoms with Crippen LogP contribution in [0.15, 0.2) is 0 Å². The van der Waals surface area contributed by atoms with Crippen LogP contribution in [-0.4, -0.2) is 43.4 Å². The Morgan fingerprint density at radius 2 is 1.81 bits per heavy atom. The molecule has 0 spiro atoms. The van der Waals surface area contributed by atoms with Crippen LogP contribution < -0.4 is 11.1 Å². The molecular weight excluding hydrogens is 230 g/mol. The maximum absolute atomic E-state index is 11.4. The van der Waals surface area contributed by atoms with Crippen molar-refractivity contribution in [3.8, 4) is 0 Å². The molecule has 0 saturated carbocycles. The number of carbonyl (C=O) groups is 2. The lowest BCUT2D eigenvalue weighted by Crippen LogP contribution is -2.44. The van der Waals surface area contributed by atoms with Gasteiger partial charge in [0.15, 0.2) is 0 Å². The van der Waals surface area contributed by atoms with Crippen LogP contribution in [0, 0.1) is 5.92 Å². The van der Waals surface area contributed by atoms with Gasteiger partial charge in [0.25, 0.3) is 0 Å². The molecule has 0 rings (SSSR count). The second-order valence-electron chi connectivity index (χ2n) is 4.10. The molecule has 16 heavy (non-hydrogen) atoms. The Balaban J connectivity index is 0. The maximum atomic E-state index is 11.4. The molecule has 0 aliphatic heterocycles. The average molecular weight is 252 g/mol. The highest BCUT2D eigenvalue weighted by molar-refractivity contribution is 5.85. The third-order valence-corrected chi connectivity index (χ3v) is 2.16. The Hall–Kier alpha value is -0.810. The van der Waals surface area contributed by atoms with E-state index in [1.54, 1.807) is 14.1 Å². The van der Waals surface area contributed by atoms with Crippen molar-refractivity contribution in [1.82, 2.24) is 10.2 Å². The zero-order valence-electron chi connectivity index (χ0n) is 10.3. The lowest BCUT2D eigenvalue weighted by atomic mass is 10.1. The van der Waals surface area contributed by atoms with E-state index >= 15 is 0 Å². The van der Waals surface area contributed by atoms with Gasteiger partial charge in [-0.2, -0.15) is 0 Å². The summed E-state index contributed by atoms with van der Waals surface area (Å²) in [6.45, 7) is 4.11. The molecule has 6 heteroatoms. The Labute approximate surface area is 103 Å². The topological polar surface area (TPSA) is 75.4 Å². The highest BCUT2D eigenvalue weighted by Crippen LogP contribution is 1.97. The minimum Gasteiger partial charge on any atom is -0.354 e. The lowest BCUT2D eigenvalue weighted by molar-refractivity contribution is -0.128. The van der Waals surface area contributed by atoms with Gasteiger partial charge in [0.1, 0.15) is 0 Å². The van der Waals surface area contributed by atoms with E-state index in [9.17, 15) is 9.59 Å². The molecule has 2 amide bonds. The molecule has 5 nitrogen and oxygen atoms in total. The second-order valence-corrected chi connectivity index (χ2v) is 4.10. The van der Waals surface area contributed by atoms with Crippen molar-refractivity contribution in [2.24, 2.45) is 11.7 Å². The highest BCUT2D eigenvalue weighted by atomic mass is 35.5. The van der Waals surface area contributed by atoms with Gasteiger partial charge in [-0.25, -0.2) is 0 Å². The van der Waals surface area contributed by atoms with Gasteiger partial charge in [0.2, 0.25) is 11.8 Å². The van der Waals surface area contributed by atoms with E-state index in [1.807, 2.05) is 13.8 Å². The van der Waals surface area contributed by atoms with Crippen molar-refractivity contribution in [1.29, 1.82) is 0 Å². The van der Waals surface area contributed by atoms with E-state index in [-0.39, 0.29) is 30.1 Å². The number of hydrogen-bond donors (Lipinski definition) is 2. The molecule has 0 aliphatic rings. The molecule has 3 N–H and O–H groups in total. The van der Waals surface area contributed by atoms with E-state index in [2.05, 4.69) is 5.32 Å². The fourth-order valence-corrected chi connectivity index (χ4v) is 0.937. The molecule has 96 valence electrons. The Morgan fingerprint density at radius 1 is 1.31 bits per heavy atom. The normalized spacial score (nSPS) is 11.6. The van der Waals surface area contributed by atoms with E-state index in [0.29, 0.717) is 13.0 Å². The molecule has 0 radical (unpaired) electrons. The molecule has 0 aliphatic carbocycles. The number of hydrogen-bond acceptors (Lipinski definition) is 3. The fourth-order valence-electron chi connectivity index (χ4n) is 0.937. The van der Waals surface area contributed by atoms with Crippen molar-refractivity contribution in [2.75, 3.05) is 20.6 Å². The van der Waals surface area contributed by atoms with Gasteiger partial charge in [-0.1, -0.05) is 13.8 Å². The molecule has 0 aromatic rings. The SMILES string of the molecule is CC(C)[C@H](N)C(=O)NCCC(=O)N(C)C.Cl. The van der Waals surface area contributed by atoms with Crippen molar-refractivity contribution >= 4 is 24.2 Å². The van der Waals surface area contributed by atoms with Crippen LogP contribution in [0.1, 0.15) is 20.3 Å². The average Bonchev–Trinajstić information content (AvgIpc) is 2.15. The quantitative estimate of drug-likeness (QED) is 0.722. The van der Waals surface area contributed by atoms with E-state index in [0.717, 1.165) is 0 Å². The van der Waals surface area contributed by atoms with Gasteiger partial charge in [-0.05, 0) is 5.92 Å². The number of amides is 2. The standard InChI is InChI=1S/C10H21N3O2.ClH/c1-7(2)9(11)10(15)12-6-5-8(14)13(3)4;/h7,9H,5-6,11H2,1-4H3,(H,12,15);1H/t9-;/m0./s1. The van der Waals surface area contributed by atoms with Gasteiger partial charge in [0, 0.05) is 27.1 Å². The summed E-state index contributed by atoms with van der Waals surface area (Å²) < 4.78 is 0. The molecular formula is C10H22ClN3O2. The summed E-state index contributed by atoms with van der Waals surface area (Å²) in [7, 11) is 3.37. The first-order valence-electron chi connectivity index (χ1n) is 5.09. The number of nitrogens with two attached hydrogens (primary N) is 1. The zero-order valence-corrected chi connectivity index (χ0v) is 11.1.